The average Bonchev–Trinajstić information content (AvgIpc) is 3.74. The lowest BCUT2D eigenvalue weighted by Gasteiger charge is -2.18. The van der Waals surface area contributed by atoms with Crippen molar-refractivity contribution in [3.05, 3.63) is 170 Å². The van der Waals surface area contributed by atoms with Gasteiger partial charge in [-0.3, -0.25) is 0 Å². The van der Waals surface area contributed by atoms with Gasteiger partial charge in [0, 0.05) is 30.9 Å². The van der Waals surface area contributed by atoms with E-state index in [1.165, 1.54) is 96.6 Å². The summed E-state index contributed by atoms with van der Waals surface area (Å²) in [5.41, 5.74) is 9.34. The Morgan fingerprint density at radius 2 is 0.920 bits per heavy atom. The van der Waals surface area contributed by atoms with E-state index in [2.05, 4.69) is 170 Å². The second-order valence-corrected chi connectivity index (χ2v) is 14.3. The van der Waals surface area contributed by atoms with Gasteiger partial charge in [-0.15, -0.1) is 11.3 Å². The molecule has 9 aromatic carbocycles. The van der Waals surface area contributed by atoms with Crippen molar-refractivity contribution in [3.63, 3.8) is 0 Å². The molecule has 232 valence electrons. The molecule has 11 rings (SSSR count). The first-order valence-electron chi connectivity index (χ1n) is 17.1. The number of furan rings is 1. The average molecular weight is 653 g/mol. The van der Waals surface area contributed by atoms with Crippen molar-refractivity contribution in [2.45, 2.75) is 0 Å². The summed E-state index contributed by atoms with van der Waals surface area (Å²) in [6, 6.07) is 62.0. The zero-order valence-electron chi connectivity index (χ0n) is 27.0. The molecule has 11 aromatic rings. The highest BCUT2D eigenvalue weighted by atomic mass is 32.1. The smallest absolute Gasteiger partial charge is 0.144 e. The highest BCUT2D eigenvalue weighted by Gasteiger charge is 2.18. The second-order valence-electron chi connectivity index (χ2n) is 13.2. The van der Waals surface area contributed by atoms with Crippen LogP contribution in [0.15, 0.2) is 174 Å². The van der Waals surface area contributed by atoms with Gasteiger partial charge in [0.05, 0.1) is 0 Å². The predicted molar refractivity (Wildman–Crippen MR) is 215 cm³/mol. The molecule has 2 heteroatoms. The molecule has 0 radical (unpaired) electrons. The highest BCUT2D eigenvalue weighted by Crippen LogP contribution is 2.45. The molecule has 0 saturated carbocycles. The summed E-state index contributed by atoms with van der Waals surface area (Å²) >= 11 is 1.83. The van der Waals surface area contributed by atoms with Gasteiger partial charge in [-0.2, -0.15) is 0 Å². The van der Waals surface area contributed by atoms with Crippen LogP contribution in [0.5, 0.6) is 0 Å². The quantitative estimate of drug-likeness (QED) is 0.173. The van der Waals surface area contributed by atoms with Crippen molar-refractivity contribution in [1.29, 1.82) is 0 Å². The maximum atomic E-state index is 6.66. The van der Waals surface area contributed by atoms with Gasteiger partial charge in [-0.1, -0.05) is 133 Å². The van der Waals surface area contributed by atoms with Crippen LogP contribution in [0.1, 0.15) is 0 Å². The summed E-state index contributed by atoms with van der Waals surface area (Å²) in [7, 11) is 0. The van der Waals surface area contributed by atoms with Crippen LogP contribution in [0.2, 0.25) is 0 Å². The van der Waals surface area contributed by atoms with Gasteiger partial charge in [-0.25, -0.2) is 0 Å². The Balaban J connectivity index is 1.04. The van der Waals surface area contributed by atoms with Crippen molar-refractivity contribution >= 4 is 85.8 Å². The fraction of sp³-hybridized carbons (Fsp3) is 0. The molecule has 0 aliphatic carbocycles. The van der Waals surface area contributed by atoms with Crippen LogP contribution < -0.4 is 0 Å². The van der Waals surface area contributed by atoms with E-state index in [0.29, 0.717) is 0 Å². The maximum absolute atomic E-state index is 6.66. The minimum absolute atomic E-state index is 0.931. The van der Waals surface area contributed by atoms with E-state index in [4.69, 9.17) is 4.42 Å². The summed E-state index contributed by atoms with van der Waals surface area (Å²) in [6.45, 7) is 0. The van der Waals surface area contributed by atoms with Gasteiger partial charge < -0.3 is 4.42 Å². The fourth-order valence-corrected chi connectivity index (χ4v) is 9.25. The Morgan fingerprint density at radius 3 is 1.62 bits per heavy atom. The summed E-state index contributed by atoms with van der Waals surface area (Å²) in [5, 5.41) is 12.3. The Kier molecular flexibility index (Phi) is 5.89. The van der Waals surface area contributed by atoms with Crippen LogP contribution in [0.3, 0.4) is 0 Å². The molecule has 0 N–H and O–H groups in total. The molecule has 0 bridgehead atoms. The zero-order valence-corrected chi connectivity index (χ0v) is 27.8. The summed E-state index contributed by atoms with van der Waals surface area (Å²) < 4.78 is 9.22. The first-order chi connectivity index (χ1) is 24.8. The lowest BCUT2D eigenvalue weighted by Crippen LogP contribution is -1.90. The molecule has 2 heterocycles. The van der Waals surface area contributed by atoms with Crippen molar-refractivity contribution in [1.82, 2.24) is 0 Å². The SMILES string of the molecule is c1ccc(-c2c3ccccc3c(-c3ccc(-c4ccc5cc6c(cc5c4)oc4c6ccc5sc6ccccc6c54)cc3)c3ccccc23)cc1. The molecule has 0 aliphatic rings. The molecule has 0 aliphatic heterocycles. The number of rotatable bonds is 3. The van der Waals surface area contributed by atoms with Crippen molar-refractivity contribution < 1.29 is 4.42 Å². The Morgan fingerprint density at radius 1 is 0.340 bits per heavy atom. The number of thiophene rings is 1. The second kappa shape index (κ2) is 10.6. The molecule has 0 unspecified atom stereocenters. The molecule has 0 saturated heterocycles. The number of hydrogen-bond acceptors (Lipinski definition) is 2. The largest absolute Gasteiger partial charge is 0.455 e. The Bertz CT molecular complexity index is 3070. The lowest BCUT2D eigenvalue weighted by molar-refractivity contribution is 0.673. The van der Waals surface area contributed by atoms with Crippen LogP contribution in [0, 0.1) is 0 Å². The van der Waals surface area contributed by atoms with Crippen LogP contribution in [-0.2, 0) is 0 Å². The molecule has 50 heavy (non-hydrogen) atoms. The van der Waals surface area contributed by atoms with Gasteiger partial charge in [0.2, 0.25) is 0 Å². The van der Waals surface area contributed by atoms with Gasteiger partial charge in [0.1, 0.15) is 11.2 Å². The molecule has 0 amide bonds. The third-order valence-corrected chi connectivity index (χ3v) is 11.6. The van der Waals surface area contributed by atoms with Gasteiger partial charge in [-0.05, 0) is 102 Å². The minimum Gasteiger partial charge on any atom is -0.455 e. The van der Waals surface area contributed by atoms with E-state index in [1.54, 1.807) is 0 Å². The topological polar surface area (TPSA) is 13.1 Å². The summed E-state index contributed by atoms with van der Waals surface area (Å²) in [5.74, 6) is 0. The molecule has 1 nitrogen and oxygen atoms in total. The number of benzene rings is 9. The Labute approximate surface area is 292 Å². The molecule has 0 spiro atoms. The summed E-state index contributed by atoms with van der Waals surface area (Å²) in [6.07, 6.45) is 0. The Hall–Kier alpha value is -6.22. The number of hydrogen-bond donors (Lipinski definition) is 0. The molecule has 0 fully saturated rings. The maximum Gasteiger partial charge on any atom is 0.144 e. The standard InChI is InChI=1S/C48H28OS/c1-2-10-30(11-3-1)45-35-12-4-6-14-37(35)46(38-15-7-5-13-36(38)45)31-20-18-29(19-21-31)32-22-23-33-27-41-39-24-25-44-47(40-16-8-9-17-43(40)50-44)48(39)49-42(41)28-34(33)26-32/h1-28H. The van der Waals surface area contributed by atoms with E-state index < -0.39 is 0 Å². The number of fused-ring (bicyclic) bond motifs is 10. The van der Waals surface area contributed by atoms with Crippen molar-refractivity contribution in [2.75, 3.05) is 0 Å². The van der Waals surface area contributed by atoms with Crippen molar-refractivity contribution in [2.24, 2.45) is 0 Å². The third kappa shape index (κ3) is 4.06. The molecular weight excluding hydrogens is 625 g/mol. The predicted octanol–water partition coefficient (Wildman–Crippen LogP) is 14.4. The van der Waals surface area contributed by atoms with Gasteiger partial charge >= 0.3 is 0 Å². The fourth-order valence-electron chi connectivity index (χ4n) is 8.15. The summed E-state index contributed by atoms with van der Waals surface area (Å²) in [4.78, 5) is 0. The molecular formula is C48H28OS. The minimum atomic E-state index is 0.931. The van der Waals surface area contributed by atoms with E-state index in [9.17, 15) is 0 Å². The van der Waals surface area contributed by atoms with Gasteiger partial charge in [0.25, 0.3) is 0 Å². The van der Waals surface area contributed by atoms with E-state index in [0.717, 1.165) is 11.2 Å². The van der Waals surface area contributed by atoms with Crippen LogP contribution in [-0.4, -0.2) is 0 Å². The lowest BCUT2D eigenvalue weighted by atomic mass is 9.85. The molecule has 0 atom stereocenters. The van der Waals surface area contributed by atoms with Crippen LogP contribution in [0.4, 0.5) is 0 Å². The van der Waals surface area contributed by atoms with Gasteiger partial charge in [0.15, 0.2) is 0 Å². The van der Waals surface area contributed by atoms with Crippen LogP contribution >= 0.6 is 11.3 Å². The highest BCUT2D eigenvalue weighted by molar-refractivity contribution is 7.26. The first-order valence-corrected chi connectivity index (χ1v) is 17.9. The van der Waals surface area contributed by atoms with Crippen molar-refractivity contribution in [3.8, 4) is 33.4 Å². The monoisotopic (exact) mass is 652 g/mol. The third-order valence-electron chi connectivity index (χ3n) is 10.4. The molecule has 2 aromatic heterocycles. The van der Waals surface area contributed by atoms with E-state index >= 15 is 0 Å². The van der Waals surface area contributed by atoms with E-state index in [1.807, 2.05) is 11.3 Å². The zero-order chi connectivity index (χ0) is 32.8. The first kappa shape index (κ1) is 27.7. The van der Waals surface area contributed by atoms with E-state index in [-0.39, 0.29) is 0 Å². The normalized spacial score (nSPS) is 12.0. The van der Waals surface area contributed by atoms with Crippen LogP contribution in [0.25, 0.3) is 108 Å².